The highest BCUT2D eigenvalue weighted by molar-refractivity contribution is 6.27. The summed E-state index contributed by atoms with van der Waals surface area (Å²) < 4.78 is 1.93. The van der Waals surface area contributed by atoms with Crippen molar-refractivity contribution in [1.29, 1.82) is 0 Å². The first-order valence-corrected chi connectivity index (χ1v) is 9.49. The zero-order valence-electron chi connectivity index (χ0n) is 15.8. The van der Waals surface area contributed by atoms with E-state index in [4.69, 9.17) is 10.2 Å². The summed E-state index contributed by atoms with van der Waals surface area (Å²) in [5.74, 6) is 0.000383. The van der Waals surface area contributed by atoms with E-state index in [0.717, 1.165) is 40.9 Å². The second-order valence-corrected chi connectivity index (χ2v) is 6.71. The predicted octanol–water partition coefficient (Wildman–Crippen LogP) is 0.856. The van der Waals surface area contributed by atoms with Crippen LogP contribution < -0.4 is 16.0 Å². The number of ketones is 1. The number of hydrogen-bond acceptors (Lipinski definition) is 7. The molecule has 0 saturated carbocycles. The van der Waals surface area contributed by atoms with E-state index in [0.29, 0.717) is 30.8 Å². The normalized spacial score (nSPS) is 12.4. The Morgan fingerprint density at radius 3 is 2.82 bits per heavy atom. The molecule has 0 spiro atoms. The van der Waals surface area contributed by atoms with Crippen LogP contribution in [0.3, 0.4) is 0 Å². The van der Waals surface area contributed by atoms with Gasteiger partial charge in [-0.3, -0.25) is 14.5 Å². The summed E-state index contributed by atoms with van der Waals surface area (Å²) in [7, 11) is 1.90. The van der Waals surface area contributed by atoms with Crippen LogP contribution in [0.25, 0.3) is 22.2 Å². The van der Waals surface area contributed by atoms with Gasteiger partial charge in [-0.25, -0.2) is 0 Å². The van der Waals surface area contributed by atoms with Crippen LogP contribution in [0, 0.1) is 0 Å². The van der Waals surface area contributed by atoms with Gasteiger partial charge in [0.25, 0.3) is 0 Å². The molecule has 8 nitrogen and oxygen atoms in total. The highest BCUT2D eigenvalue weighted by Crippen LogP contribution is 2.41. The number of anilines is 1. The minimum atomic E-state index is 0.000383. The predicted molar refractivity (Wildman–Crippen MR) is 109 cm³/mol. The molecule has 1 aliphatic carbocycles. The molecule has 1 aliphatic rings. The monoisotopic (exact) mass is 380 g/mol. The molecule has 0 atom stereocenters. The average Bonchev–Trinajstić information content (AvgIpc) is 3.09. The van der Waals surface area contributed by atoms with Crippen molar-refractivity contribution < 1.29 is 9.90 Å². The van der Waals surface area contributed by atoms with Gasteiger partial charge in [-0.05, 0) is 25.2 Å². The molecule has 4 rings (SSSR count). The van der Waals surface area contributed by atoms with Gasteiger partial charge in [0.1, 0.15) is 0 Å². The summed E-state index contributed by atoms with van der Waals surface area (Å²) >= 11 is 0. The van der Waals surface area contributed by atoms with Crippen molar-refractivity contribution in [2.24, 2.45) is 0 Å². The van der Waals surface area contributed by atoms with Crippen molar-refractivity contribution in [2.45, 2.75) is 6.54 Å². The van der Waals surface area contributed by atoms with Gasteiger partial charge < -0.3 is 21.1 Å². The van der Waals surface area contributed by atoms with Crippen LogP contribution >= 0.6 is 0 Å². The zero-order valence-corrected chi connectivity index (χ0v) is 15.8. The highest BCUT2D eigenvalue weighted by Gasteiger charge is 2.31. The molecular formula is C20H24N6O2. The largest absolute Gasteiger partial charge is 0.395 e. The lowest BCUT2D eigenvalue weighted by molar-refractivity contribution is 0.104. The lowest BCUT2D eigenvalue weighted by atomic mass is 9.87. The lowest BCUT2D eigenvalue weighted by Gasteiger charge is -2.20. The molecular weight excluding hydrogens is 356 g/mol. The van der Waals surface area contributed by atoms with Gasteiger partial charge in [-0.15, -0.1) is 0 Å². The second-order valence-electron chi connectivity index (χ2n) is 6.71. The number of nitrogens with one attached hydrogen (secondary N) is 3. The smallest absolute Gasteiger partial charge is 0.196 e. The topological polar surface area (TPSA) is 104 Å². The SMILES string of the molecule is CNCCNc1ccc2nn(CCNCCO)c3c2c1C(=O)c1ccncc1-3. The van der Waals surface area contributed by atoms with Crippen LogP contribution in [0.5, 0.6) is 0 Å². The maximum Gasteiger partial charge on any atom is 0.196 e. The molecule has 0 aliphatic heterocycles. The maximum atomic E-state index is 13.3. The summed E-state index contributed by atoms with van der Waals surface area (Å²) in [5.41, 5.74) is 4.70. The molecule has 0 fully saturated rings. The fourth-order valence-electron chi connectivity index (χ4n) is 3.67. The average molecular weight is 380 g/mol. The first kappa shape index (κ1) is 18.5. The van der Waals surface area contributed by atoms with Crippen molar-refractivity contribution in [1.82, 2.24) is 25.4 Å². The zero-order chi connectivity index (χ0) is 19.5. The number of likely N-dealkylation sites (N-methyl/N-ethyl adjacent to an activating group) is 1. The molecule has 0 amide bonds. The minimum absolute atomic E-state index is 0.000383. The number of aliphatic hydroxyl groups is 1. The van der Waals surface area contributed by atoms with Gasteiger partial charge in [0.2, 0.25) is 0 Å². The van der Waals surface area contributed by atoms with Crippen LogP contribution in [0.15, 0.2) is 30.6 Å². The number of aromatic nitrogens is 3. The summed E-state index contributed by atoms with van der Waals surface area (Å²) in [6, 6.07) is 5.66. The highest BCUT2D eigenvalue weighted by atomic mass is 16.3. The Bertz CT molecular complexity index is 1010. The lowest BCUT2D eigenvalue weighted by Crippen LogP contribution is -2.24. The molecule has 8 heteroatoms. The van der Waals surface area contributed by atoms with Crippen molar-refractivity contribution in [3.63, 3.8) is 0 Å². The first-order chi connectivity index (χ1) is 13.8. The number of nitrogens with zero attached hydrogens (tertiary/aromatic N) is 3. The summed E-state index contributed by atoms with van der Waals surface area (Å²) in [5, 5.41) is 24.2. The Hall–Kier alpha value is -2.81. The van der Waals surface area contributed by atoms with Crippen LogP contribution in [0.4, 0.5) is 5.69 Å². The van der Waals surface area contributed by atoms with Crippen molar-refractivity contribution >= 4 is 22.4 Å². The first-order valence-electron chi connectivity index (χ1n) is 9.49. The van der Waals surface area contributed by atoms with E-state index in [1.165, 1.54) is 0 Å². The quantitative estimate of drug-likeness (QED) is 0.319. The molecule has 146 valence electrons. The number of carbonyl (C=O) groups is 1. The molecule has 2 aromatic heterocycles. The van der Waals surface area contributed by atoms with Gasteiger partial charge in [-0.1, -0.05) is 0 Å². The number of carbonyl (C=O) groups excluding carboxylic acids is 1. The van der Waals surface area contributed by atoms with Crippen molar-refractivity contribution in [2.75, 3.05) is 45.2 Å². The Morgan fingerprint density at radius 2 is 2.00 bits per heavy atom. The van der Waals surface area contributed by atoms with Crippen LogP contribution in [0.1, 0.15) is 15.9 Å². The van der Waals surface area contributed by atoms with E-state index in [2.05, 4.69) is 20.9 Å². The van der Waals surface area contributed by atoms with Crippen LogP contribution in [0.2, 0.25) is 0 Å². The number of pyridine rings is 1. The minimum Gasteiger partial charge on any atom is -0.395 e. The fourth-order valence-corrected chi connectivity index (χ4v) is 3.67. The maximum absolute atomic E-state index is 13.3. The number of rotatable bonds is 9. The Kier molecular flexibility index (Phi) is 5.34. The van der Waals surface area contributed by atoms with Gasteiger partial charge >= 0.3 is 0 Å². The molecule has 3 aromatic rings. The molecule has 0 bridgehead atoms. The van der Waals surface area contributed by atoms with Crippen LogP contribution in [-0.4, -0.2) is 65.5 Å². The third-order valence-corrected chi connectivity index (χ3v) is 4.93. The summed E-state index contributed by atoms with van der Waals surface area (Å²) in [4.78, 5) is 17.5. The third-order valence-electron chi connectivity index (χ3n) is 4.93. The number of benzene rings is 1. The molecule has 28 heavy (non-hydrogen) atoms. The van der Waals surface area contributed by atoms with E-state index in [1.54, 1.807) is 18.5 Å². The van der Waals surface area contributed by atoms with Crippen molar-refractivity contribution in [3.05, 3.63) is 41.7 Å². The summed E-state index contributed by atoms with van der Waals surface area (Å²) in [6.07, 6.45) is 3.39. The number of aliphatic hydroxyl groups excluding tert-OH is 1. The third kappa shape index (κ3) is 3.15. The fraction of sp³-hybridized carbons (Fsp3) is 0.350. The Balaban J connectivity index is 1.84. The van der Waals surface area contributed by atoms with Gasteiger partial charge in [-0.2, -0.15) is 5.10 Å². The Labute approximate surface area is 163 Å². The second kappa shape index (κ2) is 8.05. The molecule has 0 radical (unpaired) electrons. The Morgan fingerprint density at radius 1 is 1.11 bits per heavy atom. The standard InChI is InChI=1S/C20H24N6O2/c1-21-6-7-24-15-2-3-16-17-18(15)20(28)13-4-5-23-12-14(13)19(17)26(25-16)10-8-22-9-11-27/h2-5,12,21-22,24,27H,6-11H2,1H3. The van der Waals surface area contributed by atoms with E-state index in [1.807, 2.05) is 23.9 Å². The molecule has 2 heterocycles. The van der Waals surface area contributed by atoms with Gasteiger partial charge in [0.15, 0.2) is 5.78 Å². The van der Waals surface area contributed by atoms with E-state index in [-0.39, 0.29) is 12.4 Å². The van der Waals surface area contributed by atoms with Crippen molar-refractivity contribution in [3.8, 4) is 11.3 Å². The number of fused-ring (bicyclic) bond motifs is 2. The van der Waals surface area contributed by atoms with E-state index in [9.17, 15) is 4.79 Å². The van der Waals surface area contributed by atoms with E-state index >= 15 is 0 Å². The molecule has 4 N–H and O–H groups in total. The number of hydrogen-bond donors (Lipinski definition) is 4. The van der Waals surface area contributed by atoms with E-state index < -0.39 is 0 Å². The van der Waals surface area contributed by atoms with Crippen LogP contribution in [-0.2, 0) is 6.54 Å². The molecule has 0 unspecified atom stereocenters. The van der Waals surface area contributed by atoms with Gasteiger partial charge in [0, 0.05) is 60.8 Å². The molecule has 0 saturated heterocycles. The molecule has 1 aromatic carbocycles. The van der Waals surface area contributed by atoms with Gasteiger partial charge in [0.05, 0.1) is 29.9 Å². The summed E-state index contributed by atoms with van der Waals surface area (Å²) in [6.45, 7) is 3.47.